The van der Waals surface area contributed by atoms with Crippen molar-refractivity contribution in [3.05, 3.63) is 33.3 Å². The number of hydrogen-bond acceptors (Lipinski definition) is 6. The second-order valence-corrected chi connectivity index (χ2v) is 8.84. The Morgan fingerprint density at radius 1 is 1.14 bits per heavy atom. The molecule has 3 heterocycles. The van der Waals surface area contributed by atoms with Gasteiger partial charge in [0, 0.05) is 38.6 Å². The average molecular weight is 379 g/mol. The zero-order valence-electron chi connectivity index (χ0n) is 11.3. The molecule has 1 aliphatic heterocycles. The summed E-state index contributed by atoms with van der Waals surface area (Å²) in [7, 11) is -3.61. The van der Waals surface area contributed by atoms with E-state index in [0.717, 1.165) is 17.2 Å². The monoisotopic (exact) mass is 378 g/mol. The topological polar surface area (TPSA) is 66.4 Å². The van der Waals surface area contributed by atoms with E-state index in [1.807, 2.05) is 4.90 Å². The summed E-state index contributed by atoms with van der Waals surface area (Å²) in [5.74, 6) is 0.746. The average Bonchev–Trinajstić information content (AvgIpc) is 2.88. The van der Waals surface area contributed by atoms with Crippen LogP contribution in [0.1, 0.15) is 0 Å². The fraction of sp³-hybridized carbons (Fsp3) is 0.333. The minimum atomic E-state index is -3.61. The number of piperazine rings is 1. The lowest BCUT2D eigenvalue weighted by Crippen LogP contribution is -2.48. The van der Waals surface area contributed by atoms with Gasteiger partial charge in [-0.3, -0.25) is 4.98 Å². The van der Waals surface area contributed by atoms with Gasteiger partial charge in [-0.1, -0.05) is 23.2 Å². The van der Waals surface area contributed by atoms with Crippen LogP contribution < -0.4 is 4.90 Å². The molecule has 2 aromatic heterocycles. The molecular weight excluding hydrogens is 367 g/mol. The summed E-state index contributed by atoms with van der Waals surface area (Å²) in [6.45, 7) is 1.83. The summed E-state index contributed by atoms with van der Waals surface area (Å²) >= 11 is 12.9. The van der Waals surface area contributed by atoms with Crippen molar-refractivity contribution in [2.75, 3.05) is 31.1 Å². The van der Waals surface area contributed by atoms with Crippen molar-refractivity contribution >= 4 is 50.4 Å². The molecule has 118 valence electrons. The molecule has 1 aliphatic rings. The lowest BCUT2D eigenvalue weighted by Gasteiger charge is -2.34. The SMILES string of the molecule is O=S(=O)(c1cc(Cl)sc1Cl)N1CCN(c2cnccn2)CC1. The van der Waals surface area contributed by atoms with Crippen molar-refractivity contribution in [1.29, 1.82) is 0 Å². The van der Waals surface area contributed by atoms with Crippen molar-refractivity contribution in [1.82, 2.24) is 14.3 Å². The van der Waals surface area contributed by atoms with Crippen molar-refractivity contribution < 1.29 is 8.42 Å². The summed E-state index contributed by atoms with van der Waals surface area (Å²) in [6.07, 6.45) is 4.89. The van der Waals surface area contributed by atoms with Gasteiger partial charge < -0.3 is 4.90 Å². The minimum Gasteiger partial charge on any atom is -0.353 e. The molecule has 0 aromatic carbocycles. The molecule has 0 N–H and O–H groups in total. The van der Waals surface area contributed by atoms with E-state index in [-0.39, 0.29) is 9.23 Å². The van der Waals surface area contributed by atoms with E-state index in [4.69, 9.17) is 23.2 Å². The third-order valence-corrected chi connectivity index (χ3v) is 7.01. The lowest BCUT2D eigenvalue weighted by molar-refractivity contribution is 0.384. The van der Waals surface area contributed by atoms with Crippen LogP contribution in [0, 0.1) is 0 Å². The number of sulfonamides is 1. The van der Waals surface area contributed by atoms with E-state index in [9.17, 15) is 8.42 Å². The predicted molar refractivity (Wildman–Crippen MR) is 87.3 cm³/mol. The van der Waals surface area contributed by atoms with Gasteiger partial charge in [0.25, 0.3) is 0 Å². The number of rotatable bonds is 3. The molecular formula is C12H12Cl2N4O2S2. The van der Waals surface area contributed by atoms with Crippen LogP contribution in [0.15, 0.2) is 29.6 Å². The number of aromatic nitrogens is 2. The summed E-state index contributed by atoms with van der Waals surface area (Å²) in [5, 5.41) is 0. The Kier molecular flexibility index (Phi) is 4.56. The highest BCUT2D eigenvalue weighted by molar-refractivity contribution is 7.89. The van der Waals surface area contributed by atoms with Gasteiger partial charge in [0.1, 0.15) is 15.0 Å². The normalized spacial score (nSPS) is 16.9. The number of anilines is 1. The first-order chi connectivity index (χ1) is 10.5. The van der Waals surface area contributed by atoms with Gasteiger partial charge in [-0.2, -0.15) is 4.31 Å². The van der Waals surface area contributed by atoms with E-state index in [0.29, 0.717) is 30.5 Å². The van der Waals surface area contributed by atoms with Crippen LogP contribution in [0.25, 0.3) is 0 Å². The Hall–Kier alpha value is -0.930. The Balaban J connectivity index is 1.75. The fourth-order valence-corrected chi connectivity index (χ4v) is 5.79. The van der Waals surface area contributed by atoms with Gasteiger partial charge in [-0.15, -0.1) is 11.3 Å². The third-order valence-electron chi connectivity index (χ3n) is 3.36. The van der Waals surface area contributed by atoms with Gasteiger partial charge in [-0.25, -0.2) is 13.4 Å². The summed E-state index contributed by atoms with van der Waals surface area (Å²) < 4.78 is 27.2. The number of hydrogen-bond donors (Lipinski definition) is 0. The first-order valence-corrected chi connectivity index (χ1v) is 9.45. The van der Waals surface area contributed by atoms with Crippen molar-refractivity contribution in [2.24, 2.45) is 0 Å². The van der Waals surface area contributed by atoms with Crippen LogP contribution in [0.2, 0.25) is 8.67 Å². The quantitative estimate of drug-likeness (QED) is 0.819. The molecule has 3 rings (SSSR count). The molecule has 0 atom stereocenters. The molecule has 0 radical (unpaired) electrons. The number of thiophene rings is 1. The Morgan fingerprint density at radius 3 is 2.41 bits per heavy atom. The molecule has 0 saturated carbocycles. The van der Waals surface area contributed by atoms with Gasteiger partial charge in [0.15, 0.2) is 0 Å². The standard InChI is InChI=1S/C12H12Cl2N4O2S2/c13-10-7-9(12(14)21-10)22(19,20)18-5-3-17(4-6-18)11-8-15-1-2-16-11/h1-2,7-8H,3-6H2. The van der Waals surface area contributed by atoms with Gasteiger partial charge in [0.2, 0.25) is 10.0 Å². The zero-order valence-corrected chi connectivity index (χ0v) is 14.5. The Bertz CT molecular complexity index is 759. The highest BCUT2D eigenvalue weighted by atomic mass is 35.5. The predicted octanol–water partition coefficient (Wildman–Crippen LogP) is 2.36. The van der Waals surface area contributed by atoms with Gasteiger partial charge in [0.05, 0.1) is 10.5 Å². The van der Waals surface area contributed by atoms with E-state index in [1.165, 1.54) is 10.4 Å². The summed E-state index contributed by atoms with van der Waals surface area (Å²) in [6, 6.07) is 1.40. The second kappa shape index (κ2) is 6.29. The number of halogens is 2. The molecule has 0 amide bonds. The molecule has 1 fully saturated rings. The first kappa shape index (κ1) is 15.9. The van der Waals surface area contributed by atoms with Crippen molar-refractivity contribution in [3.8, 4) is 0 Å². The maximum atomic E-state index is 12.6. The molecule has 0 bridgehead atoms. The van der Waals surface area contributed by atoms with Crippen molar-refractivity contribution in [2.45, 2.75) is 4.90 Å². The van der Waals surface area contributed by atoms with Crippen LogP contribution in [-0.2, 0) is 10.0 Å². The number of nitrogens with zero attached hydrogens (tertiary/aromatic N) is 4. The fourth-order valence-electron chi connectivity index (χ4n) is 2.25. The smallest absolute Gasteiger partial charge is 0.245 e. The van der Waals surface area contributed by atoms with Crippen LogP contribution in [0.5, 0.6) is 0 Å². The lowest BCUT2D eigenvalue weighted by atomic mass is 10.3. The molecule has 1 saturated heterocycles. The minimum absolute atomic E-state index is 0.0807. The zero-order chi connectivity index (χ0) is 15.7. The molecule has 0 spiro atoms. The van der Waals surface area contributed by atoms with E-state index in [2.05, 4.69) is 9.97 Å². The Morgan fingerprint density at radius 2 is 1.86 bits per heavy atom. The van der Waals surface area contributed by atoms with E-state index < -0.39 is 10.0 Å². The maximum Gasteiger partial charge on any atom is 0.245 e. The molecule has 0 aliphatic carbocycles. The molecule has 6 nitrogen and oxygen atoms in total. The van der Waals surface area contributed by atoms with Crippen LogP contribution in [0.4, 0.5) is 5.82 Å². The molecule has 2 aromatic rings. The summed E-state index contributed by atoms with van der Waals surface area (Å²) in [5.41, 5.74) is 0. The van der Waals surface area contributed by atoms with Crippen LogP contribution in [0.3, 0.4) is 0 Å². The molecule has 10 heteroatoms. The third kappa shape index (κ3) is 3.07. The van der Waals surface area contributed by atoms with Gasteiger partial charge in [-0.05, 0) is 6.07 Å². The van der Waals surface area contributed by atoms with E-state index in [1.54, 1.807) is 18.6 Å². The first-order valence-electron chi connectivity index (χ1n) is 6.44. The highest BCUT2D eigenvalue weighted by Crippen LogP contribution is 2.36. The maximum absolute atomic E-state index is 12.6. The highest BCUT2D eigenvalue weighted by Gasteiger charge is 2.31. The van der Waals surface area contributed by atoms with Crippen LogP contribution >= 0.6 is 34.5 Å². The molecule has 22 heavy (non-hydrogen) atoms. The second-order valence-electron chi connectivity index (χ2n) is 4.64. The van der Waals surface area contributed by atoms with Gasteiger partial charge >= 0.3 is 0 Å². The van der Waals surface area contributed by atoms with Crippen molar-refractivity contribution in [3.63, 3.8) is 0 Å². The molecule has 0 unspecified atom stereocenters. The van der Waals surface area contributed by atoms with E-state index >= 15 is 0 Å². The Labute approximate surface area is 142 Å². The van der Waals surface area contributed by atoms with Crippen LogP contribution in [-0.4, -0.2) is 48.9 Å². The largest absolute Gasteiger partial charge is 0.353 e. The summed E-state index contributed by atoms with van der Waals surface area (Å²) in [4.78, 5) is 10.3.